The minimum Gasteiger partial charge on any atom is -0.550 e. The third-order valence-corrected chi connectivity index (χ3v) is 4.73. The van der Waals surface area contributed by atoms with Crippen molar-refractivity contribution in [3.8, 4) is 0 Å². The van der Waals surface area contributed by atoms with Crippen LogP contribution < -0.4 is 10.4 Å². The fraction of sp³-hybridized carbons (Fsp3) is 0.375. The van der Waals surface area contributed by atoms with Crippen molar-refractivity contribution in [3.05, 3.63) is 39.9 Å². The molecule has 2 rings (SSSR count). The first kappa shape index (κ1) is 15.8. The Kier molecular flexibility index (Phi) is 4.83. The van der Waals surface area contributed by atoms with E-state index in [2.05, 4.69) is 21.2 Å². The molecule has 0 saturated carbocycles. The zero-order valence-corrected chi connectivity index (χ0v) is 13.6. The number of anilines is 1. The molecule has 0 unspecified atom stereocenters. The zero-order chi connectivity index (χ0) is 15.6. The molecule has 1 N–H and O–H groups in total. The van der Waals surface area contributed by atoms with Crippen LogP contribution in [0, 0.1) is 11.8 Å². The average Bonchev–Trinajstić information content (AvgIpc) is 2.43. The molecule has 4 nitrogen and oxygen atoms in total. The molecule has 1 aromatic rings. The molecule has 1 aromatic carbocycles. The Morgan fingerprint density at radius 2 is 1.71 bits per heavy atom. The van der Waals surface area contributed by atoms with Gasteiger partial charge in [-0.3, -0.25) is 4.79 Å². The highest BCUT2D eigenvalue weighted by Crippen LogP contribution is 2.35. The number of carbonyl (C=O) groups is 2. The summed E-state index contributed by atoms with van der Waals surface area (Å²) in [6.07, 6.45) is 0.836. The van der Waals surface area contributed by atoms with Crippen molar-refractivity contribution in [2.75, 3.05) is 5.32 Å². The van der Waals surface area contributed by atoms with Gasteiger partial charge in [-0.05, 0) is 54.8 Å². The van der Waals surface area contributed by atoms with E-state index in [0.717, 1.165) is 15.6 Å². The smallest absolute Gasteiger partial charge is 0.228 e. The van der Waals surface area contributed by atoms with E-state index in [4.69, 9.17) is 0 Å². The van der Waals surface area contributed by atoms with E-state index < -0.39 is 17.8 Å². The Morgan fingerprint density at radius 1 is 1.14 bits per heavy atom. The van der Waals surface area contributed by atoms with E-state index in [1.54, 1.807) is 6.07 Å². The number of hydrogen-bond donors (Lipinski definition) is 1. The highest BCUT2D eigenvalue weighted by molar-refractivity contribution is 9.10. The summed E-state index contributed by atoms with van der Waals surface area (Å²) in [5.41, 5.74) is 2.76. The molecule has 0 saturated heterocycles. The second kappa shape index (κ2) is 6.43. The van der Waals surface area contributed by atoms with Gasteiger partial charge in [0.05, 0.1) is 11.6 Å². The second-order valence-corrected chi connectivity index (χ2v) is 6.32. The van der Waals surface area contributed by atoms with E-state index in [1.165, 1.54) is 0 Å². The monoisotopic (exact) mass is 350 g/mol. The van der Waals surface area contributed by atoms with Gasteiger partial charge in [0.25, 0.3) is 0 Å². The van der Waals surface area contributed by atoms with Crippen molar-refractivity contribution in [1.82, 2.24) is 0 Å². The predicted molar refractivity (Wildman–Crippen MR) is 82.4 cm³/mol. The molecule has 1 aliphatic rings. The van der Waals surface area contributed by atoms with Crippen molar-refractivity contribution in [3.63, 3.8) is 0 Å². The topological polar surface area (TPSA) is 69.2 Å². The van der Waals surface area contributed by atoms with Crippen molar-refractivity contribution in [2.24, 2.45) is 11.8 Å². The highest BCUT2D eigenvalue weighted by atomic mass is 79.9. The molecule has 0 radical (unpaired) electrons. The summed E-state index contributed by atoms with van der Waals surface area (Å²) < 4.78 is 0.766. The lowest BCUT2D eigenvalue weighted by Gasteiger charge is -2.32. The molecule has 2 atom stereocenters. The average molecular weight is 351 g/mol. The summed E-state index contributed by atoms with van der Waals surface area (Å²) in [5.74, 6) is -2.79. The van der Waals surface area contributed by atoms with Crippen LogP contribution in [0.25, 0.3) is 0 Å². The van der Waals surface area contributed by atoms with E-state index in [9.17, 15) is 14.7 Å². The van der Waals surface area contributed by atoms with Crippen LogP contribution in [-0.4, -0.2) is 11.9 Å². The summed E-state index contributed by atoms with van der Waals surface area (Å²) in [6.45, 7) is 3.85. The molecule has 5 heteroatoms. The third-order valence-electron chi connectivity index (χ3n) is 4.04. The van der Waals surface area contributed by atoms with Gasteiger partial charge in [-0.1, -0.05) is 23.3 Å². The van der Waals surface area contributed by atoms with Gasteiger partial charge in [-0.25, -0.2) is 0 Å². The fourth-order valence-corrected chi connectivity index (χ4v) is 2.99. The number of aliphatic carboxylic acids is 1. The normalized spacial score (nSPS) is 22.0. The predicted octanol–water partition coefficient (Wildman–Crippen LogP) is 2.50. The van der Waals surface area contributed by atoms with E-state index >= 15 is 0 Å². The molecular weight excluding hydrogens is 334 g/mol. The number of carboxylic acids is 1. The lowest BCUT2D eigenvalue weighted by Crippen LogP contribution is -2.42. The van der Waals surface area contributed by atoms with Crippen molar-refractivity contribution < 1.29 is 14.7 Å². The van der Waals surface area contributed by atoms with Gasteiger partial charge in [0.15, 0.2) is 0 Å². The van der Waals surface area contributed by atoms with Gasteiger partial charge < -0.3 is 15.2 Å². The number of nitrogens with one attached hydrogen (secondary N) is 1. The molecule has 0 bridgehead atoms. The zero-order valence-electron chi connectivity index (χ0n) is 12.0. The van der Waals surface area contributed by atoms with Crippen LogP contribution in [0.4, 0.5) is 5.69 Å². The van der Waals surface area contributed by atoms with Gasteiger partial charge in [-0.15, -0.1) is 0 Å². The number of amides is 1. The van der Waals surface area contributed by atoms with Gasteiger partial charge in [0.2, 0.25) is 5.91 Å². The third kappa shape index (κ3) is 3.53. The van der Waals surface area contributed by atoms with Crippen molar-refractivity contribution in [1.29, 1.82) is 0 Å². The standard InChI is InChI=1S/C16H18BrNO3/c1-9-7-11(12(16(20)21)8-10(9)2)15(19)18-14-6-4-3-5-13(14)17/h3-6,11-12H,7-8H2,1-2H3,(H,18,19)(H,20,21)/p-1/t11-,12+/m1/s1. The summed E-state index contributed by atoms with van der Waals surface area (Å²) in [4.78, 5) is 23.8. The van der Waals surface area contributed by atoms with Crippen molar-refractivity contribution in [2.45, 2.75) is 26.7 Å². The van der Waals surface area contributed by atoms with Gasteiger partial charge >= 0.3 is 0 Å². The highest BCUT2D eigenvalue weighted by Gasteiger charge is 2.33. The van der Waals surface area contributed by atoms with Crippen LogP contribution in [0.15, 0.2) is 39.9 Å². The summed E-state index contributed by atoms with van der Waals surface area (Å²) in [7, 11) is 0. The minimum absolute atomic E-state index is 0.275. The molecule has 112 valence electrons. The minimum atomic E-state index is -1.16. The number of allylic oxidation sites excluding steroid dienone is 2. The fourth-order valence-electron chi connectivity index (χ4n) is 2.60. The first-order valence-corrected chi connectivity index (χ1v) is 7.61. The maximum atomic E-state index is 12.4. The lowest BCUT2D eigenvalue weighted by atomic mass is 9.76. The van der Waals surface area contributed by atoms with Crippen molar-refractivity contribution >= 4 is 33.5 Å². The Morgan fingerprint density at radius 3 is 2.29 bits per heavy atom. The molecule has 21 heavy (non-hydrogen) atoms. The van der Waals surface area contributed by atoms with Gasteiger partial charge in [0.1, 0.15) is 0 Å². The number of carbonyl (C=O) groups excluding carboxylic acids is 2. The van der Waals surface area contributed by atoms with E-state index in [-0.39, 0.29) is 5.91 Å². The number of halogens is 1. The Hall–Kier alpha value is -1.62. The molecule has 0 spiro atoms. The number of hydrogen-bond acceptors (Lipinski definition) is 3. The molecule has 0 aliphatic heterocycles. The first-order chi connectivity index (χ1) is 9.90. The molecule has 0 fully saturated rings. The van der Waals surface area contributed by atoms with E-state index in [0.29, 0.717) is 18.5 Å². The SMILES string of the molecule is CC1=C(C)C[C@@H](C(=O)Nc2ccccc2Br)[C@@H](C(=O)[O-])C1. The second-order valence-electron chi connectivity index (χ2n) is 5.47. The first-order valence-electron chi connectivity index (χ1n) is 6.81. The Bertz CT molecular complexity index is 609. The van der Waals surface area contributed by atoms with Crippen LogP contribution in [0.2, 0.25) is 0 Å². The Balaban J connectivity index is 2.21. The van der Waals surface area contributed by atoms with Crippen LogP contribution >= 0.6 is 15.9 Å². The number of para-hydroxylation sites is 1. The summed E-state index contributed by atoms with van der Waals surface area (Å²) >= 11 is 3.36. The van der Waals surface area contributed by atoms with Gasteiger partial charge in [0, 0.05) is 16.4 Å². The Labute approximate surface area is 132 Å². The van der Waals surface area contributed by atoms with Gasteiger partial charge in [-0.2, -0.15) is 0 Å². The number of rotatable bonds is 3. The maximum absolute atomic E-state index is 12.4. The lowest BCUT2D eigenvalue weighted by molar-refractivity contribution is -0.313. The molecule has 0 aromatic heterocycles. The number of carboxylic acid groups (broad SMARTS) is 1. The number of benzene rings is 1. The van der Waals surface area contributed by atoms with E-state index in [1.807, 2.05) is 32.0 Å². The van der Waals surface area contributed by atoms with Crippen LogP contribution in [-0.2, 0) is 9.59 Å². The maximum Gasteiger partial charge on any atom is 0.228 e. The molecule has 0 heterocycles. The van der Waals surface area contributed by atoms with Crippen LogP contribution in [0.1, 0.15) is 26.7 Å². The summed E-state index contributed by atoms with van der Waals surface area (Å²) in [5, 5.41) is 14.1. The summed E-state index contributed by atoms with van der Waals surface area (Å²) in [6, 6.07) is 7.25. The largest absolute Gasteiger partial charge is 0.550 e. The quantitative estimate of drug-likeness (QED) is 0.851. The van der Waals surface area contributed by atoms with Crippen LogP contribution in [0.5, 0.6) is 0 Å². The van der Waals surface area contributed by atoms with Crippen LogP contribution in [0.3, 0.4) is 0 Å². The molecular formula is C16H17BrNO3-. The molecule has 1 aliphatic carbocycles. The molecule has 1 amide bonds.